The maximum absolute atomic E-state index is 12.8. The van der Waals surface area contributed by atoms with Crippen LogP contribution in [0.1, 0.15) is 284 Å². The van der Waals surface area contributed by atoms with Crippen molar-refractivity contribution in [2.45, 2.75) is 290 Å². The molecule has 0 saturated carbocycles. The van der Waals surface area contributed by atoms with Crippen LogP contribution in [0, 0.1) is 0 Å². The van der Waals surface area contributed by atoms with Crippen molar-refractivity contribution in [3.8, 4) is 0 Å². The van der Waals surface area contributed by atoms with E-state index in [4.69, 9.17) is 14.2 Å². The first kappa shape index (κ1) is 63.1. The normalized spacial score (nSPS) is 12.5. The van der Waals surface area contributed by atoms with Gasteiger partial charge in [0, 0.05) is 19.3 Å². The van der Waals surface area contributed by atoms with Gasteiger partial charge in [-0.3, -0.25) is 14.4 Å². The van der Waals surface area contributed by atoms with Gasteiger partial charge in [0.15, 0.2) is 6.10 Å². The summed E-state index contributed by atoms with van der Waals surface area (Å²) >= 11 is 0. The van der Waals surface area contributed by atoms with Gasteiger partial charge in [-0.25, -0.2) is 0 Å². The summed E-state index contributed by atoms with van der Waals surface area (Å²) in [5.41, 5.74) is 0. The Kier molecular flexibility index (Phi) is 52.3. The Labute approximate surface area is 409 Å². The zero-order valence-corrected chi connectivity index (χ0v) is 43.7. The molecule has 1 unspecified atom stereocenters. The highest BCUT2D eigenvalue weighted by Crippen LogP contribution is 2.15. The van der Waals surface area contributed by atoms with E-state index in [1.807, 2.05) is 6.08 Å². The molecular formula is C60H106O6. The predicted molar refractivity (Wildman–Crippen MR) is 284 cm³/mol. The Morgan fingerprint density at radius 1 is 0.318 bits per heavy atom. The average Bonchev–Trinajstić information content (AvgIpc) is 3.31. The topological polar surface area (TPSA) is 78.9 Å². The Bertz CT molecular complexity index is 1200. The minimum Gasteiger partial charge on any atom is -0.462 e. The quantitative estimate of drug-likeness (QED) is 0.0199. The van der Waals surface area contributed by atoms with Crippen molar-refractivity contribution >= 4 is 17.9 Å². The lowest BCUT2D eigenvalue weighted by molar-refractivity contribution is -0.166. The van der Waals surface area contributed by atoms with E-state index in [9.17, 15) is 14.4 Å². The average molecular weight is 924 g/mol. The Balaban J connectivity index is 4.41. The van der Waals surface area contributed by atoms with E-state index in [2.05, 4.69) is 75.5 Å². The van der Waals surface area contributed by atoms with Gasteiger partial charge in [-0.15, -0.1) is 0 Å². The molecule has 0 aromatic heterocycles. The monoisotopic (exact) mass is 923 g/mol. The molecule has 0 aliphatic rings. The molecule has 0 aromatic carbocycles. The SMILES string of the molecule is CCCCC/C=C/C=C/CCCCCCCCCCCCC(=O)OCC(COC(=O)CC/C=C/C/C=C/CCCCCCCC)OC(=O)CCCCCCC/C=C/CCCCCCCCC. The summed E-state index contributed by atoms with van der Waals surface area (Å²) in [4.78, 5) is 38.1. The highest BCUT2D eigenvalue weighted by molar-refractivity contribution is 5.71. The minimum absolute atomic E-state index is 0.0955. The first-order valence-electron chi connectivity index (χ1n) is 28.3. The Morgan fingerprint density at radius 3 is 1.06 bits per heavy atom. The third-order valence-electron chi connectivity index (χ3n) is 12.3. The van der Waals surface area contributed by atoms with Crippen LogP contribution in [0.25, 0.3) is 0 Å². The van der Waals surface area contributed by atoms with Crippen molar-refractivity contribution in [2.24, 2.45) is 0 Å². The summed E-state index contributed by atoms with van der Waals surface area (Å²) in [6, 6.07) is 0. The highest BCUT2D eigenvalue weighted by atomic mass is 16.6. The van der Waals surface area contributed by atoms with E-state index >= 15 is 0 Å². The van der Waals surface area contributed by atoms with Crippen molar-refractivity contribution in [3.63, 3.8) is 0 Å². The molecule has 0 aliphatic carbocycles. The number of rotatable bonds is 51. The summed E-state index contributed by atoms with van der Waals surface area (Å²) in [7, 11) is 0. The number of esters is 3. The molecule has 0 heterocycles. The van der Waals surface area contributed by atoms with Gasteiger partial charge < -0.3 is 14.2 Å². The number of unbranched alkanes of at least 4 members (excludes halogenated alkanes) is 31. The van der Waals surface area contributed by atoms with Gasteiger partial charge in [0.1, 0.15) is 13.2 Å². The van der Waals surface area contributed by atoms with E-state index in [1.54, 1.807) is 0 Å². The molecule has 0 saturated heterocycles. The third-order valence-corrected chi connectivity index (χ3v) is 12.3. The van der Waals surface area contributed by atoms with E-state index in [0.29, 0.717) is 19.3 Å². The van der Waals surface area contributed by atoms with Crippen LogP contribution in [-0.4, -0.2) is 37.2 Å². The summed E-state index contributed by atoms with van der Waals surface area (Å²) in [6.45, 7) is 6.56. The molecule has 0 bridgehead atoms. The zero-order chi connectivity index (χ0) is 47.9. The number of carbonyl (C=O) groups excluding carboxylic acids is 3. The third kappa shape index (κ3) is 52.1. The first-order valence-corrected chi connectivity index (χ1v) is 28.3. The molecule has 66 heavy (non-hydrogen) atoms. The molecule has 0 radical (unpaired) electrons. The number of ether oxygens (including phenoxy) is 3. The molecule has 1 atom stereocenters. The van der Waals surface area contributed by atoms with Crippen LogP contribution in [0.2, 0.25) is 0 Å². The van der Waals surface area contributed by atoms with Crippen LogP contribution in [0.4, 0.5) is 0 Å². The van der Waals surface area contributed by atoms with Crippen molar-refractivity contribution in [2.75, 3.05) is 13.2 Å². The molecule has 0 spiro atoms. The van der Waals surface area contributed by atoms with Crippen LogP contribution in [-0.2, 0) is 28.6 Å². The minimum atomic E-state index is -0.802. The summed E-state index contributed by atoms with van der Waals surface area (Å²) in [6.07, 6.45) is 67.9. The molecule has 0 aliphatic heterocycles. The van der Waals surface area contributed by atoms with Gasteiger partial charge in [0.2, 0.25) is 0 Å². The molecule has 0 amide bonds. The summed E-state index contributed by atoms with van der Waals surface area (Å²) in [5, 5.41) is 0. The lowest BCUT2D eigenvalue weighted by Gasteiger charge is -2.18. The van der Waals surface area contributed by atoms with Crippen LogP contribution in [0.15, 0.2) is 60.8 Å². The fourth-order valence-corrected chi connectivity index (χ4v) is 7.95. The van der Waals surface area contributed by atoms with Crippen molar-refractivity contribution in [1.29, 1.82) is 0 Å². The molecule has 0 fully saturated rings. The first-order chi connectivity index (χ1) is 32.5. The molecule has 6 nitrogen and oxygen atoms in total. The van der Waals surface area contributed by atoms with Crippen LogP contribution in [0.3, 0.4) is 0 Å². The molecular weight excluding hydrogens is 817 g/mol. The van der Waals surface area contributed by atoms with E-state index in [0.717, 1.165) is 64.2 Å². The fourth-order valence-electron chi connectivity index (χ4n) is 7.95. The lowest BCUT2D eigenvalue weighted by Crippen LogP contribution is -2.30. The van der Waals surface area contributed by atoms with Crippen molar-refractivity contribution in [3.05, 3.63) is 60.8 Å². The van der Waals surface area contributed by atoms with Gasteiger partial charge in [-0.05, 0) is 89.9 Å². The van der Waals surface area contributed by atoms with Crippen LogP contribution >= 0.6 is 0 Å². The van der Waals surface area contributed by atoms with E-state index in [-0.39, 0.29) is 37.5 Å². The second-order valence-electron chi connectivity index (χ2n) is 18.9. The zero-order valence-electron chi connectivity index (χ0n) is 43.7. The lowest BCUT2D eigenvalue weighted by atomic mass is 10.1. The smallest absolute Gasteiger partial charge is 0.306 e. The van der Waals surface area contributed by atoms with Gasteiger partial charge in [0.25, 0.3) is 0 Å². The van der Waals surface area contributed by atoms with Gasteiger partial charge in [-0.1, -0.05) is 236 Å². The Hall–Kier alpha value is -2.89. The molecule has 382 valence electrons. The van der Waals surface area contributed by atoms with Gasteiger partial charge in [-0.2, -0.15) is 0 Å². The largest absolute Gasteiger partial charge is 0.462 e. The Morgan fingerprint density at radius 2 is 0.621 bits per heavy atom. The number of carbonyl (C=O) groups is 3. The summed E-state index contributed by atoms with van der Waals surface area (Å²) < 4.78 is 16.8. The molecule has 6 heteroatoms. The van der Waals surface area contributed by atoms with Crippen LogP contribution < -0.4 is 0 Å². The van der Waals surface area contributed by atoms with Gasteiger partial charge in [0.05, 0.1) is 0 Å². The molecule has 0 aromatic rings. The van der Waals surface area contributed by atoms with E-state index < -0.39 is 6.10 Å². The van der Waals surface area contributed by atoms with Crippen LogP contribution in [0.5, 0.6) is 0 Å². The molecule has 0 N–H and O–H groups in total. The number of hydrogen-bond donors (Lipinski definition) is 0. The van der Waals surface area contributed by atoms with E-state index in [1.165, 1.54) is 173 Å². The number of hydrogen-bond acceptors (Lipinski definition) is 6. The number of allylic oxidation sites excluding steroid dienone is 10. The highest BCUT2D eigenvalue weighted by Gasteiger charge is 2.19. The predicted octanol–water partition coefficient (Wildman–Crippen LogP) is 18.8. The van der Waals surface area contributed by atoms with Gasteiger partial charge >= 0.3 is 17.9 Å². The van der Waals surface area contributed by atoms with Crippen molar-refractivity contribution < 1.29 is 28.6 Å². The summed E-state index contributed by atoms with van der Waals surface area (Å²) in [5.74, 6) is -0.969. The second kappa shape index (κ2) is 54.7. The maximum atomic E-state index is 12.8. The standard InChI is InChI=1S/C60H106O6/c1-4-7-10-13-16-19-22-25-27-29-30-31-33-35-38-41-44-47-50-53-59(62)65-56-57(55-64-58(61)52-49-46-43-40-37-34-24-21-18-15-12-9-6-3)66-60(63)54-51-48-45-42-39-36-32-28-26-23-20-17-14-11-8-5-2/h16,19,22,25,28,32,34,37,43,46,57H,4-15,17-18,20-21,23-24,26-27,29-31,33,35-36,38-42,44-45,47-56H2,1-3H3/b19-16+,25-22+,32-28+,37-34+,46-43+. The second-order valence-corrected chi connectivity index (χ2v) is 18.9. The van der Waals surface area contributed by atoms with Crippen molar-refractivity contribution in [1.82, 2.24) is 0 Å². The molecule has 0 rings (SSSR count). The maximum Gasteiger partial charge on any atom is 0.306 e. The fraction of sp³-hybridized carbons (Fsp3) is 0.783.